The van der Waals surface area contributed by atoms with Crippen molar-refractivity contribution < 1.29 is 4.74 Å². The second-order valence-corrected chi connectivity index (χ2v) is 3.65. The number of nitriles is 1. The van der Waals surface area contributed by atoms with Crippen LogP contribution in [0.3, 0.4) is 0 Å². The van der Waals surface area contributed by atoms with Gasteiger partial charge in [-0.15, -0.1) is 0 Å². The highest BCUT2D eigenvalue weighted by Gasteiger charge is 2.10. The first-order chi connectivity index (χ1) is 7.90. The number of nitrogens with zero attached hydrogens (tertiary/aromatic N) is 2. The lowest BCUT2D eigenvalue weighted by molar-refractivity contribution is 0.122. The van der Waals surface area contributed by atoms with Crippen LogP contribution in [-0.4, -0.2) is 26.3 Å². The lowest BCUT2D eigenvalue weighted by atomic mass is 10.2. The van der Waals surface area contributed by atoms with Gasteiger partial charge in [0.25, 0.3) is 0 Å². The first-order valence-electron chi connectivity index (χ1n) is 5.39. The van der Waals surface area contributed by atoms with Gasteiger partial charge in [0.2, 0.25) is 0 Å². The van der Waals surface area contributed by atoms with E-state index in [0.717, 1.165) is 31.9 Å². The molecule has 1 aromatic carbocycles. The van der Waals surface area contributed by atoms with E-state index in [1.54, 1.807) is 0 Å². The molecule has 2 rings (SSSR count). The average molecular weight is 214 g/mol. The largest absolute Gasteiger partial charge is 0.378 e. The first-order valence-corrected chi connectivity index (χ1v) is 5.39. The standard InChI is InChI=1S/C13H14N2O/c14-7-1-2-12-3-5-13(6-4-12)15-8-10-16-11-9-15/h1-6H,8-11H2. The van der Waals surface area contributed by atoms with Crippen molar-refractivity contribution in [1.29, 1.82) is 5.26 Å². The van der Waals surface area contributed by atoms with Gasteiger partial charge in [-0.25, -0.2) is 0 Å². The van der Waals surface area contributed by atoms with E-state index in [2.05, 4.69) is 17.0 Å². The van der Waals surface area contributed by atoms with E-state index in [9.17, 15) is 0 Å². The summed E-state index contributed by atoms with van der Waals surface area (Å²) in [5, 5.41) is 8.43. The van der Waals surface area contributed by atoms with Crippen molar-refractivity contribution in [2.24, 2.45) is 0 Å². The molecule has 82 valence electrons. The van der Waals surface area contributed by atoms with Crippen molar-refractivity contribution in [3.8, 4) is 6.07 Å². The minimum absolute atomic E-state index is 0.802. The molecule has 0 spiro atoms. The van der Waals surface area contributed by atoms with E-state index in [1.807, 2.05) is 24.3 Å². The van der Waals surface area contributed by atoms with Crippen LogP contribution in [0.5, 0.6) is 0 Å². The Kier molecular flexibility index (Phi) is 3.58. The van der Waals surface area contributed by atoms with Crippen molar-refractivity contribution in [2.75, 3.05) is 31.2 Å². The van der Waals surface area contributed by atoms with Crippen LogP contribution in [0.4, 0.5) is 5.69 Å². The molecule has 1 saturated heterocycles. The topological polar surface area (TPSA) is 36.3 Å². The molecule has 1 fully saturated rings. The summed E-state index contributed by atoms with van der Waals surface area (Å²) in [6.07, 6.45) is 3.30. The highest BCUT2D eigenvalue weighted by molar-refractivity contribution is 5.57. The summed E-state index contributed by atoms with van der Waals surface area (Å²) >= 11 is 0. The third-order valence-corrected chi connectivity index (χ3v) is 2.62. The maximum atomic E-state index is 8.43. The fourth-order valence-corrected chi connectivity index (χ4v) is 1.75. The molecule has 0 aromatic heterocycles. The number of morpholine rings is 1. The minimum atomic E-state index is 0.802. The van der Waals surface area contributed by atoms with Crippen LogP contribution in [0.25, 0.3) is 6.08 Å². The molecule has 1 aliphatic heterocycles. The molecule has 0 amide bonds. The zero-order valence-corrected chi connectivity index (χ0v) is 9.10. The van der Waals surface area contributed by atoms with Gasteiger partial charge in [-0.2, -0.15) is 5.26 Å². The maximum absolute atomic E-state index is 8.43. The van der Waals surface area contributed by atoms with E-state index in [-0.39, 0.29) is 0 Å². The Bertz CT molecular complexity index is 397. The fraction of sp³-hybridized carbons (Fsp3) is 0.308. The molecule has 0 bridgehead atoms. The highest BCUT2D eigenvalue weighted by atomic mass is 16.5. The van der Waals surface area contributed by atoms with Crippen LogP contribution in [-0.2, 0) is 4.74 Å². The first kappa shape index (κ1) is 10.7. The lowest BCUT2D eigenvalue weighted by Crippen LogP contribution is -2.36. The normalized spacial score (nSPS) is 16.3. The SMILES string of the molecule is N#CC=Cc1ccc(N2CCOCC2)cc1. The van der Waals surface area contributed by atoms with Crippen LogP contribution in [0.1, 0.15) is 5.56 Å². The Morgan fingerprint density at radius 1 is 1.19 bits per heavy atom. The summed E-state index contributed by atoms with van der Waals surface area (Å²) in [6, 6.07) is 10.2. The smallest absolute Gasteiger partial charge is 0.0912 e. The van der Waals surface area contributed by atoms with Crippen molar-refractivity contribution in [1.82, 2.24) is 0 Å². The van der Waals surface area contributed by atoms with Crippen LogP contribution in [0.2, 0.25) is 0 Å². The molecule has 16 heavy (non-hydrogen) atoms. The number of allylic oxidation sites excluding steroid dienone is 1. The average Bonchev–Trinajstić information content (AvgIpc) is 2.38. The molecule has 0 saturated carbocycles. The Morgan fingerprint density at radius 3 is 2.50 bits per heavy atom. The third kappa shape index (κ3) is 2.62. The van der Waals surface area contributed by atoms with Gasteiger partial charge < -0.3 is 9.64 Å². The van der Waals surface area contributed by atoms with Crippen molar-refractivity contribution in [3.05, 3.63) is 35.9 Å². The number of hydrogen-bond donors (Lipinski definition) is 0. The molecule has 1 heterocycles. The molecule has 0 unspecified atom stereocenters. The van der Waals surface area contributed by atoms with Crippen LogP contribution in [0, 0.1) is 11.3 Å². The van der Waals surface area contributed by atoms with Gasteiger partial charge in [0, 0.05) is 24.9 Å². The molecule has 1 aromatic rings. The molecule has 0 aliphatic carbocycles. The lowest BCUT2D eigenvalue weighted by Gasteiger charge is -2.28. The second-order valence-electron chi connectivity index (χ2n) is 3.65. The Hall–Kier alpha value is -1.79. The summed E-state index contributed by atoms with van der Waals surface area (Å²) < 4.78 is 5.31. The Morgan fingerprint density at radius 2 is 1.88 bits per heavy atom. The molecule has 0 radical (unpaired) electrons. The van der Waals surface area contributed by atoms with Crippen LogP contribution < -0.4 is 4.90 Å². The van der Waals surface area contributed by atoms with Gasteiger partial charge >= 0.3 is 0 Å². The van der Waals surface area contributed by atoms with Crippen molar-refractivity contribution in [3.63, 3.8) is 0 Å². The van der Waals surface area contributed by atoms with Gasteiger partial charge in [-0.05, 0) is 23.8 Å². The van der Waals surface area contributed by atoms with Crippen molar-refractivity contribution in [2.45, 2.75) is 0 Å². The zero-order chi connectivity index (χ0) is 11.2. The summed E-state index contributed by atoms with van der Waals surface area (Å²) in [6.45, 7) is 3.51. The minimum Gasteiger partial charge on any atom is -0.378 e. The van der Waals surface area contributed by atoms with E-state index in [4.69, 9.17) is 10.00 Å². The Balaban J connectivity index is 2.06. The van der Waals surface area contributed by atoms with E-state index >= 15 is 0 Å². The summed E-state index contributed by atoms with van der Waals surface area (Å²) in [5.74, 6) is 0. The van der Waals surface area contributed by atoms with Gasteiger partial charge in [-0.1, -0.05) is 12.1 Å². The van der Waals surface area contributed by atoms with Gasteiger partial charge in [0.15, 0.2) is 0 Å². The molecule has 0 atom stereocenters. The summed E-state index contributed by atoms with van der Waals surface area (Å²) in [4.78, 5) is 2.31. The van der Waals surface area contributed by atoms with Gasteiger partial charge in [0.1, 0.15) is 0 Å². The zero-order valence-electron chi connectivity index (χ0n) is 9.10. The molecular weight excluding hydrogens is 200 g/mol. The molecule has 1 aliphatic rings. The quantitative estimate of drug-likeness (QED) is 0.707. The number of ether oxygens (including phenoxy) is 1. The number of hydrogen-bond acceptors (Lipinski definition) is 3. The van der Waals surface area contributed by atoms with E-state index < -0.39 is 0 Å². The Labute approximate surface area is 95.6 Å². The number of anilines is 1. The van der Waals surface area contributed by atoms with E-state index in [0.29, 0.717) is 0 Å². The van der Waals surface area contributed by atoms with Crippen LogP contribution in [0.15, 0.2) is 30.3 Å². The number of rotatable bonds is 2. The van der Waals surface area contributed by atoms with E-state index in [1.165, 1.54) is 11.8 Å². The predicted molar refractivity (Wildman–Crippen MR) is 64.1 cm³/mol. The summed E-state index contributed by atoms with van der Waals surface area (Å²) in [7, 11) is 0. The molecule has 3 heteroatoms. The highest BCUT2D eigenvalue weighted by Crippen LogP contribution is 2.17. The van der Waals surface area contributed by atoms with Gasteiger partial charge in [-0.3, -0.25) is 0 Å². The monoisotopic (exact) mass is 214 g/mol. The molecule has 0 N–H and O–H groups in total. The maximum Gasteiger partial charge on any atom is 0.0912 e. The third-order valence-electron chi connectivity index (χ3n) is 2.62. The molecular formula is C13H14N2O. The van der Waals surface area contributed by atoms with Gasteiger partial charge in [0.05, 0.1) is 19.3 Å². The second kappa shape index (κ2) is 5.34. The number of benzene rings is 1. The predicted octanol–water partition coefficient (Wildman–Crippen LogP) is 2.06. The van der Waals surface area contributed by atoms with Crippen LogP contribution >= 0.6 is 0 Å². The summed E-state index contributed by atoms with van der Waals surface area (Å²) in [5.41, 5.74) is 2.27. The molecule has 3 nitrogen and oxygen atoms in total. The van der Waals surface area contributed by atoms with Crippen molar-refractivity contribution >= 4 is 11.8 Å². The fourth-order valence-electron chi connectivity index (χ4n) is 1.75.